The number of imidazole rings is 1. The summed E-state index contributed by atoms with van der Waals surface area (Å²) in [5.41, 5.74) is 5.34. The lowest BCUT2D eigenvalue weighted by Gasteiger charge is -2.06. The van der Waals surface area contributed by atoms with Crippen LogP contribution in [-0.2, 0) is 0 Å². The average molecular weight is 300 g/mol. The van der Waals surface area contributed by atoms with Gasteiger partial charge in [-0.25, -0.2) is 4.98 Å². The Morgan fingerprint density at radius 3 is 2.83 bits per heavy atom. The zero-order valence-corrected chi connectivity index (χ0v) is 12.8. The molecule has 4 rings (SSSR count). The number of pyridine rings is 1. The summed E-state index contributed by atoms with van der Waals surface area (Å²) in [5, 5.41) is 1.02. The molecular formula is C19H16N4. The van der Waals surface area contributed by atoms with Crippen LogP contribution in [0.4, 0.5) is 0 Å². The van der Waals surface area contributed by atoms with E-state index in [4.69, 9.17) is 0 Å². The minimum Gasteiger partial charge on any atom is -0.297 e. The SMILES string of the molecule is CC1=CC=c2c(ncn2-c2cccc(-c3cccnc3)c2)=NC1. The Bertz CT molecular complexity index is 997. The maximum Gasteiger partial charge on any atom is 0.173 e. The van der Waals surface area contributed by atoms with Crippen LogP contribution < -0.4 is 10.8 Å². The lowest BCUT2D eigenvalue weighted by atomic mass is 10.1. The van der Waals surface area contributed by atoms with E-state index in [1.807, 2.05) is 18.6 Å². The smallest absolute Gasteiger partial charge is 0.173 e. The molecule has 2 aromatic heterocycles. The van der Waals surface area contributed by atoms with Gasteiger partial charge >= 0.3 is 0 Å². The second-order valence-corrected chi connectivity index (χ2v) is 5.61. The minimum atomic E-state index is 0.705. The molecule has 0 aliphatic carbocycles. The van der Waals surface area contributed by atoms with Crippen LogP contribution in [0, 0.1) is 0 Å². The van der Waals surface area contributed by atoms with Gasteiger partial charge in [0.1, 0.15) is 6.33 Å². The predicted octanol–water partition coefficient (Wildman–Crippen LogP) is 2.29. The molecule has 3 aromatic rings. The molecule has 0 radical (unpaired) electrons. The van der Waals surface area contributed by atoms with Crippen LogP contribution in [0.2, 0.25) is 0 Å². The van der Waals surface area contributed by atoms with Gasteiger partial charge in [-0.1, -0.05) is 29.8 Å². The van der Waals surface area contributed by atoms with Gasteiger partial charge in [-0.3, -0.25) is 14.5 Å². The van der Waals surface area contributed by atoms with Crippen LogP contribution in [0.5, 0.6) is 0 Å². The molecule has 0 spiro atoms. The van der Waals surface area contributed by atoms with E-state index in [2.05, 4.69) is 68.9 Å². The van der Waals surface area contributed by atoms with Crippen molar-refractivity contribution in [3.8, 4) is 16.8 Å². The Morgan fingerprint density at radius 1 is 1.04 bits per heavy atom. The van der Waals surface area contributed by atoms with E-state index < -0.39 is 0 Å². The van der Waals surface area contributed by atoms with Gasteiger partial charge in [-0.15, -0.1) is 0 Å². The molecule has 4 heteroatoms. The Balaban J connectivity index is 1.87. The zero-order valence-electron chi connectivity index (χ0n) is 12.8. The summed E-state index contributed by atoms with van der Waals surface area (Å²) in [5.74, 6) is 0. The molecule has 112 valence electrons. The summed E-state index contributed by atoms with van der Waals surface area (Å²) in [6, 6.07) is 12.4. The summed E-state index contributed by atoms with van der Waals surface area (Å²) in [6.07, 6.45) is 9.69. The summed E-state index contributed by atoms with van der Waals surface area (Å²) in [4.78, 5) is 13.2. The van der Waals surface area contributed by atoms with Crippen molar-refractivity contribution in [1.29, 1.82) is 0 Å². The van der Waals surface area contributed by atoms with Gasteiger partial charge in [0.05, 0.1) is 11.9 Å². The maximum atomic E-state index is 4.55. The molecule has 0 N–H and O–H groups in total. The first-order valence-corrected chi connectivity index (χ1v) is 7.57. The second kappa shape index (κ2) is 5.65. The molecule has 0 amide bonds. The van der Waals surface area contributed by atoms with Gasteiger partial charge in [0.15, 0.2) is 5.49 Å². The first-order chi connectivity index (χ1) is 11.3. The van der Waals surface area contributed by atoms with Gasteiger partial charge in [-0.05, 0) is 36.8 Å². The van der Waals surface area contributed by atoms with E-state index in [0.29, 0.717) is 6.54 Å². The van der Waals surface area contributed by atoms with Crippen molar-refractivity contribution in [2.45, 2.75) is 6.92 Å². The van der Waals surface area contributed by atoms with Crippen LogP contribution in [0.3, 0.4) is 0 Å². The highest BCUT2D eigenvalue weighted by molar-refractivity contribution is 5.65. The quantitative estimate of drug-likeness (QED) is 0.729. The van der Waals surface area contributed by atoms with Crippen molar-refractivity contribution >= 4 is 6.08 Å². The molecule has 1 aromatic carbocycles. The molecular weight excluding hydrogens is 284 g/mol. The number of benzene rings is 1. The first kappa shape index (κ1) is 13.6. The lowest BCUT2D eigenvalue weighted by Crippen LogP contribution is -2.29. The fourth-order valence-electron chi connectivity index (χ4n) is 2.67. The summed E-state index contributed by atoms with van der Waals surface area (Å²) in [7, 11) is 0. The van der Waals surface area contributed by atoms with Gasteiger partial charge in [-0.2, -0.15) is 0 Å². The van der Waals surface area contributed by atoms with E-state index in [1.54, 1.807) is 6.20 Å². The molecule has 0 fully saturated rings. The van der Waals surface area contributed by atoms with Crippen molar-refractivity contribution in [1.82, 2.24) is 14.5 Å². The number of allylic oxidation sites excluding steroid dienone is 1. The number of hydrogen-bond acceptors (Lipinski definition) is 3. The van der Waals surface area contributed by atoms with E-state index in [-0.39, 0.29) is 0 Å². The molecule has 1 aliphatic heterocycles. The number of fused-ring (bicyclic) bond motifs is 1. The van der Waals surface area contributed by atoms with Crippen molar-refractivity contribution in [3.63, 3.8) is 0 Å². The van der Waals surface area contributed by atoms with Crippen molar-refractivity contribution in [3.05, 3.63) is 77.6 Å². The molecule has 0 saturated heterocycles. The van der Waals surface area contributed by atoms with Crippen LogP contribution in [0.25, 0.3) is 22.9 Å². The molecule has 23 heavy (non-hydrogen) atoms. The number of hydrogen-bond donors (Lipinski definition) is 0. The van der Waals surface area contributed by atoms with Crippen LogP contribution in [0.1, 0.15) is 6.92 Å². The van der Waals surface area contributed by atoms with E-state index >= 15 is 0 Å². The Kier molecular flexibility index (Phi) is 3.35. The Morgan fingerprint density at radius 2 is 1.96 bits per heavy atom. The largest absolute Gasteiger partial charge is 0.297 e. The Hall–Kier alpha value is -3.01. The van der Waals surface area contributed by atoms with Gasteiger partial charge in [0.25, 0.3) is 0 Å². The summed E-state index contributed by atoms with van der Waals surface area (Å²) in [6.45, 7) is 2.79. The van der Waals surface area contributed by atoms with Gasteiger partial charge < -0.3 is 0 Å². The highest BCUT2D eigenvalue weighted by atomic mass is 15.1. The van der Waals surface area contributed by atoms with Crippen molar-refractivity contribution < 1.29 is 0 Å². The van der Waals surface area contributed by atoms with Crippen molar-refractivity contribution in [2.75, 3.05) is 6.54 Å². The number of rotatable bonds is 2. The fraction of sp³-hybridized carbons (Fsp3) is 0.105. The van der Waals surface area contributed by atoms with Crippen LogP contribution in [-0.4, -0.2) is 21.1 Å². The maximum absolute atomic E-state index is 4.55. The Labute approximate surface area is 134 Å². The van der Waals surface area contributed by atoms with Gasteiger partial charge in [0, 0.05) is 23.6 Å². The standard InChI is InChI=1S/C19H16N4/c1-14-7-8-18-19(21-11-14)22-13-23(18)17-6-2-4-15(10-17)16-5-3-9-20-12-16/h2-10,12-13H,11H2,1H3. The molecule has 0 bridgehead atoms. The highest BCUT2D eigenvalue weighted by Gasteiger charge is 2.05. The molecule has 0 saturated carbocycles. The predicted molar refractivity (Wildman–Crippen MR) is 90.7 cm³/mol. The topological polar surface area (TPSA) is 43.1 Å². The van der Waals surface area contributed by atoms with Crippen molar-refractivity contribution in [2.24, 2.45) is 4.99 Å². The lowest BCUT2D eigenvalue weighted by molar-refractivity contribution is 1.01. The van der Waals surface area contributed by atoms with Crippen LogP contribution >= 0.6 is 0 Å². The minimum absolute atomic E-state index is 0.705. The molecule has 4 nitrogen and oxygen atoms in total. The van der Waals surface area contributed by atoms with Crippen LogP contribution in [0.15, 0.2) is 71.8 Å². The monoisotopic (exact) mass is 300 g/mol. The van der Waals surface area contributed by atoms with Gasteiger partial charge in [0.2, 0.25) is 0 Å². The summed E-state index contributed by atoms with van der Waals surface area (Å²) >= 11 is 0. The molecule has 1 aliphatic rings. The molecule has 3 heterocycles. The highest BCUT2D eigenvalue weighted by Crippen LogP contribution is 2.20. The second-order valence-electron chi connectivity index (χ2n) is 5.61. The molecule has 0 atom stereocenters. The average Bonchev–Trinajstić information content (AvgIpc) is 2.93. The third-order valence-corrected chi connectivity index (χ3v) is 3.91. The van der Waals surface area contributed by atoms with E-state index in [9.17, 15) is 0 Å². The summed E-state index contributed by atoms with van der Waals surface area (Å²) < 4.78 is 2.08. The third kappa shape index (κ3) is 2.59. The normalized spacial score (nSPS) is 13.3. The van der Waals surface area contributed by atoms with E-state index in [1.165, 1.54) is 5.57 Å². The third-order valence-electron chi connectivity index (χ3n) is 3.91. The fourth-order valence-corrected chi connectivity index (χ4v) is 2.67. The zero-order chi connectivity index (χ0) is 15.6. The van der Waals surface area contributed by atoms with E-state index in [0.717, 1.165) is 27.7 Å². The molecule has 0 unspecified atom stereocenters. The number of nitrogens with zero attached hydrogens (tertiary/aromatic N) is 4. The number of aromatic nitrogens is 3. The first-order valence-electron chi connectivity index (χ1n) is 7.57.